The minimum absolute atomic E-state index is 0.0631. The molecule has 0 bridgehead atoms. The van der Waals surface area contributed by atoms with E-state index in [1.165, 1.54) is 13.1 Å². The van der Waals surface area contributed by atoms with Gasteiger partial charge in [-0.2, -0.15) is 4.98 Å². The zero-order valence-corrected chi connectivity index (χ0v) is 22.1. The third-order valence-corrected chi connectivity index (χ3v) is 7.30. The van der Waals surface area contributed by atoms with Crippen molar-refractivity contribution in [3.05, 3.63) is 36.0 Å². The molecule has 0 aliphatic carbocycles. The Morgan fingerprint density at radius 3 is 2.35 bits per heavy atom. The van der Waals surface area contributed by atoms with E-state index in [0.717, 1.165) is 12.8 Å². The number of rotatable bonds is 12. The number of anilines is 3. The van der Waals surface area contributed by atoms with Crippen molar-refractivity contribution in [1.29, 1.82) is 0 Å². The van der Waals surface area contributed by atoms with Gasteiger partial charge in [-0.3, -0.25) is 4.72 Å². The molecule has 1 aromatic carbocycles. The van der Waals surface area contributed by atoms with Gasteiger partial charge in [0.1, 0.15) is 17.5 Å². The molecule has 3 rings (SSSR count). The molecule has 1 aliphatic rings. The minimum atomic E-state index is -3.65. The summed E-state index contributed by atoms with van der Waals surface area (Å²) in [4.78, 5) is 36.5. The predicted molar refractivity (Wildman–Crippen MR) is 141 cm³/mol. The van der Waals surface area contributed by atoms with Gasteiger partial charge in [-0.15, -0.1) is 0 Å². The largest absolute Gasteiger partial charge is 0.480 e. The van der Waals surface area contributed by atoms with Crippen LogP contribution < -0.4 is 19.7 Å². The Kier molecular flexibility index (Phi) is 9.50. The molecule has 1 aromatic heterocycles. The maximum absolute atomic E-state index is 12.2. The van der Waals surface area contributed by atoms with Crippen LogP contribution in [0.15, 0.2) is 30.5 Å². The van der Waals surface area contributed by atoms with E-state index < -0.39 is 28.1 Å². The van der Waals surface area contributed by atoms with Crippen LogP contribution in [0.4, 0.5) is 22.2 Å². The molecule has 0 unspecified atom stereocenters. The Hall–Kier alpha value is -3.61. The second kappa shape index (κ2) is 12.6. The molecule has 1 atom stereocenters. The van der Waals surface area contributed by atoms with E-state index in [0.29, 0.717) is 43.4 Å². The second-order valence-corrected chi connectivity index (χ2v) is 10.6. The number of carbonyl (C=O) groups is 2. The number of benzene rings is 1. The van der Waals surface area contributed by atoms with Gasteiger partial charge in [0, 0.05) is 32.6 Å². The number of sulfonamides is 1. The topological polar surface area (TPSA) is 154 Å². The molecular weight excluding hydrogens is 500 g/mol. The summed E-state index contributed by atoms with van der Waals surface area (Å²) in [5.41, 5.74) is 0.739. The van der Waals surface area contributed by atoms with Crippen LogP contribution in [0.25, 0.3) is 0 Å². The minimum Gasteiger partial charge on any atom is -0.480 e. The number of nitrogens with one attached hydrogen (secondary N) is 2. The van der Waals surface area contributed by atoms with E-state index in [1.807, 2.05) is 18.7 Å². The highest BCUT2D eigenvalue weighted by Gasteiger charge is 2.23. The van der Waals surface area contributed by atoms with E-state index in [4.69, 9.17) is 4.74 Å². The fourth-order valence-corrected chi connectivity index (χ4v) is 4.44. The first kappa shape index (κ1) is 28.0. The number of aliphatic carboxylic acids is 1. The lowest BCUT2D eigenvalue weighted by molar-refractivity contribution is -0.137. The summed E-state index contributed by atoms with van der Waals surface area (Å²) in [5, 5.41) is 12.8. The highest BCUT2D eigenvalue weighted by atomic mass is 32.2. The van der Waals surface area contributed by atoms with E-state index >= 15 is 0 Å². The van der Waals surface area contributed by atoms with Crippen LogP contribution in [-0.2, 0) is 21.2 Å². The first-order chi connectivity index (χ1) is 17.7. The summed E-state index contributed by atoms with van der Waals surface area (Å²) in [6.07, 6.45) is 2.92. The summed E-state index contributed by atoms with van der Waals surface area (Å²) >= 11 is 0. The molecular formula is C24H34N6O6S. The first-order valence-electron chi connectivity index (χ1n) is 12.3. The number of carboxylic acid groups (broad SMARTS) is 1. The number of nitrogens with zero attached hydrogens (tertiary/aromatic N) is 4. The number of carbonyl (C=O) groups excluding carboxylic acids is 1. The monoisotopic (exact) mass is 534 g/mol. The van der Waals surface area contributed by atoms with Crippen molar-refractivity contribution in [2.24, 2.45) is 0 Å². The van der Waals surface area contributed by atoms with Gasteiger partial charge >= 0.3 is 12.1 Å². The molecule has 37 heavy (non-hydrogen) atoms. The van der Waals surface area contributed by atoms with Crippen LogP contribution in [0.2, 0.25) is 0 Å². The summed E-state index contributed by atoms with van der Waals surface area (Å²) in [6, 6.07) is 5.49. The predicted octanol–water partition coefficient (Wildman–Crippen LogP) is 2.79. The van der Waals surface area contributed by atoms with Gasteiger partial charge in [-0.1, -0.05) is 12.1 Å². The SMILES string of the molecule is CCN(CC)c1ncc(NS(=O)(=O)CC)c(N[C@@H](Cc2ccc(OC(=O)N3CCCC3)cc2)C(=O)O)n1. The summed E-state index contributed by atoms with van der Waals surface area (Å²) in [7, 11) is -3.65. The van der Waals surface area contributed by atoms with Crippen molar-refractivity contribution in [3.63, 3.8) is 0 Å². The van der Waals surface area contributed by atoms with E-state index in [-0.39, 0.29) is 23.7 Å². The van der Waals surface area contributed by atoms with Gasteiger partial charge in [0.15, 0.2) is 5.82 Å². The summed E-state index contributed by atoms with van der Waals surface area (Å²) in [6.45, 7) is 7.95. The zero-order valence-electron chi connectivity index (χ0n) is 21.3. The van der Waals surface area contributed by atoms with Crippen molar-refractivity contribution in [2.75, 3.05) is 46.9 Å². The fraction of sp³-hybridized carbons (Fsp3) is 0.500. The van der Waals surface area contributed by atoms with Gasteiger partial charge < -0.3 is 25.0 Å². The van der Waals surface area contributed by atoms with E-state index in [2.05, 4.69) is 20.0 Å². The van der Waals surface area contributed by atoms with Crippen LogP contribution in [-0.4, -0.2) is 78.4 Å². The van der Waals surface area contributed by atoms with E-state index in [1.54, 1.807) is 29.2 Å². The molecule has 0 spiro atoms. The molecule has 12 nitrogen and oxygen atoms in total. The van der Waals surface area contributed by atoms with Gasteiger partial charge in [0.25, 0.3) is 0 Å². The number of likely N-dealkylation sites (tertiary alicyclic amines) is 1. The Morgan fingerprint density at radius 1 is 1.14 bits per heavy atom. The Morgan fingerprint density at radius 2 is 1.78 bits per heavy atom. The Bertz CT molecular complexity index is 1180. The molecule has 1 fully saturated rings. The van der Waals surface area contributed by atoms with Crippen LogP contribution in [0, 0.1) is 0 Å². The molecule has 1 saturated heterocycles. The standard InChI is InChI=1S/C24H34N6O6S/c1-4-29(5-2)23-25-16-20(28-37(34,35)6-3)21(27-23)26-19(22(31)32)15-17-9-11-18(12-10-17)36-24(33)30-13-7-8-14-30/h9-12,16,19,28H,4-8,13-15H2,1-3H3,(H,31,32)(H,25,26,27)/t19-/m0/s1. The second-order valence-electron chi connectivity index (χ2n) is 8.56. The molecule has 0 radical (unpaired) electrons. The molecule has 2 aromatic rings. The number of amides is 1. The average Bonchev–Trinajstić information content (AvgIpc) is 3.42. The van der Waals surface area contributed by atoms with Crippen molar-refractivity contribution < 1.29 is 27.9 Å². The number of hydrogen-bond donors (Lipinski definition) is 3. The smallest absolute Gasteiger partial charge is 0.415 e. The van der Waals surface area contributed by atoms with Gasteiger partial charge in [0.05, 0.1) is 11.9 Å². The lowest BCUT2D eigenvalue weighted by atomic mass is 10.1. The van der Waals surface area contributed by atoms with Gasteiger partial charge in [-0.05, 0) is 51.3 Å². The van der Waals surface area contributed by atoms with Crippen molar-refractivity contribution >= 4 is 39.5 Å². The maximum atomic E-state index is 12.2. The Balaban J connectivity index is 1.79. The molecule has 2 heterocycles. The van der Waals surface area contributed by atoms with E-state index in [9.17, 15) is 23.1 Å². The molecule has 13 heteroatoms. The third-order valence-electron chi connectivity index (χ3n) is 6.01. The quantitative estimate of drug-likeness (QED) is 0.370. The number of carboxylic acids is 1. The summed E-state index contributed by atoms with van der Waals surface area (Å²) < 4.78 is 32.2. The van der Waals surface area contributed by atoms with Crippen molar-refractivity contribution in [1.82, 2.24) is 14.9 Å². The lowest BCUT2D eigenvalue weighted by Crippen LogP contribution is -2.33. The van der Waals surface area contributed by atoms with Crippen LogP contribution in [0.5, 0.6) is 5.75 Å². The lowest BCUT2D eigenvalue weighted by Gasteiger charge is -2.22. The highest BCUT2D eigenvalue weighted by molar-refractivity contribution is 7.92. The molecule has 1 aliphatic heterocycles. The Labute approximate surface area is 217 Å². The van der Waals surface area contributed by atoms with Crippen LogP contribution in [0.1, 0.15) is 39.2 Å². The summed E-state index contributed by atoms with van der Waals surface area (Å²) in [5.74, 6) is -0.521. The fourth-order valence-electron chi connectivity index (χ4n) is 3.82. The van der Waals surface area contributed by atoms with Gasteiger partial charge in [0.2, 0.25) is 16.0 Å². The van der Waals surface area contributed by atoms with Crippen molar-refractivity contribution in [2.45, 2.75) is 46.1 Å². The first-order valence-corrected chi connectivity index (χ1v) is 14.0. The molecule has 0 saturated carbocycles. The average molecular weight is 535 g/mol. The number of hydrogen-bond acceptors (Lipinski definition) is 9. The van der Waals surface area contributed by atoms with Crippen LogP contribution >= 0.6 is 0 Å². The normalized spacial score (nSPS) is 14.2. The third kappa shape index (κ3) is 7.68. The molecule has 3 N–H and O–H groups in total. The number of ether oxygens (including phenoxy) is 1. The molecule has 202 valence electrons. The zero-order chi connectivity index (χ0) is 27.0. The van der Waals surface area contributed by atoms with Crippen molar-refractivity contribution in [3.8, 4) is 5.75 Å². The molecule has 1 amide bonds. The van der Waals surface area contributed by atoms with Gasteiger partial charge in [-0.25, -0.2) is 23.0 Å². The number of aromatic nitrogens is 2. The maximum Gasteiger partial charge on any atom is 0.415 e. The highest BCUT2D eigenvalue weighted by Crippen LogP contribution is 2.25. The van der Waals surface area contributed by atoms with Crippen LogP contribution in [0.3, 0.4) is 0 Å².